The van der Waals surface area contributed by atoms with Gasteiger partial charge in [-0.25, -0.2) is 9.97 Å². The Balaban J connectivity index is 1.41. The summed E-state index contributed by atoms with van der Waals surface area (Å²) in [5, 5.41) is 14.4. The van der Waals surface area contributed by atoms with Gasteiger partial charge in [-0.05, 0) is 42.5 Å². The lowest BCUT2D eigenvalue weighted by Crippen LogP contribution is -2.28. The van der Waals surface area contributed by atoms with Gasteiger partial charge in [-0.3, -0.25) is 4.79 Å². The smallest absolute Gasteiger partial charge is 0.251 e. The Morgan fingerprint density at radius 2 is 2.03 bits per heavy atom. The SMILES string of the molecule is O=c1cc(-c2ccnc(NC3CCOCC3)n2)ccn1C(CO)c1cc2ccccc2[nH]1. The first-order chi connectivity index (χ1) is 15.7. The van der Waals surface area contributed by atoms with Crippen molar-refractivity contribution >= 4 is 16.9 Å². The summed E-state index contributed by atoms with van der Waals surface area (Å²) in [6, 6.07) is 14.8. The number of hydrogen-bond donors (Lipinski definition) is 3. The van der Waals surface area contributed by atoms with Crippen molar-refractivity contribution in [2.75, 3.05) is 25.1 Å². The van der Waals surface area contributed by atoms with Crippen molar-refractivity contribution in [3.63, 3.8) is 0 Å². The third-order valence-electron chi connectivity index (χ3n) is 5.87. The lowest BCUT2D eigenvalue weighted by Gasteiger charge is -2.23. The molecule has 0 radical (unpaired) electrons. The highest BCUT2D eigenvalue weighted by atomic mass is 16.5. The summed E-state index contributed by atoms with van der Waals surface area (Å²) < 4.78 is 6.93. The van der Waals surface area contributed by atoms with Crippen LogP contribution in [0.1, 0.15) is 24.6 Å². The van der Waals surface area contributed by atoms with E-state index in [2.05, 4.69) is 20.3 Å². The van der Waals surface area contributed by atoms with Gasteiger partial charge in [0.25, 0.3) is 5.56 Å². The Kier molecular flexibility index (Phi) is 5.70. The third-order valence-corrected chi connectivity index (χ3v) is 5.87. The monoisotopic (exact) mass is 431 g/mol. The largest absolute Gasteiger partial charge is 0.394 e. The van der Waals surface area contributed by atoms with E-state index in [-0.39, 0.29) is 18.2 Å². The van der Waals surface area contributed by atoms with Gasteiger partial charge in [-0.1, -0.05) is 18.2 Å². The van der Waals surface area contributed by atoms with Crippen LogP contribution in [0.15, 0.2) is 65.7 Å². The number of nitrogens with zero attached hydrogens (tertiary/aromatic N) is 3. The summed E-state index contributed by atoms with van der Waals surface area (Å²) in [6.07, 6.45) is 5.23. The molecule has 1 fully saturated rings. The molecule has 32 heavy (non-hydrogen) atoms. The lowest BCUT2D eigenvalue weighted by molar-refractivity contribution is 0.0903. The number of para-hydroxylation sites is 1. The van der Waals surface area contributed by atoms with Gasteiger partial charge in [-0.15, -0.1) is 0 Å². The average Bonchev–Trinajstić information content (AvgIpc) is 3.25. The first-order valence-corrected chi connectivity index (χ1v) is 10.8. The van der Waals surface area contributed by atoms with Crippen molar-refractivity contribution in [2.24, 2.45) is 0 Å². The molecule has 1 aliphatic heterocycles. The number of aliphatic hydroxyl groups excluding tert-OH is 1. The Morgan fingerprint density at radius 3 is 2.81 bits per heavy atom. The third kappa shape index (κ3) is 4.15. The average molecular weight is 431 g/mol. The fourth-order valence-corrected chi connectivity index (χ4v) is 4.13. The molecule has 5 rings (SSSR count). The van der Waals surface area contributed by atoms with Crippen molar-refractivity contribution < 1.29 is 9.84 Å². The van der Waals surface area contributed by atoms with E-state index in [1.165, 1.54) is 4.57 Å². The zero-order valence-corrected chi connectivity index (χ0v) is 17.6. The molecule has 0 amide bonds. The fraction of sp³-hybridized carbons (Fsp3) is 0.292. The number of aromatic amines is 1. The molecule has 4 aromatic rings. The highest BCUT2D eigenvalue weighted by molar-refractivity contribution is 5.80. The molecule has 0 aliphatic carbocycles. The highest BCUT2D eigenvalue weighted by Gasteiger charge is 2.18. The summed E-state index contributed by atoms with van der Waals surface area (Å²) >= 11 is 0. The Labute approximate surface area is 184 Å². The van der Waals surface area contributed by atoms with Gasteiger partial charge in [0.05, 0.1) is 18.3 Å². The second-order valence-electron chi connectivity index (χ2n) is 7.97. The van der Waals surface area contributed by atoms with Crippen LogP contribution in [0.4, 0.5) is 5.95 Å². The minimum atomic E-state index is -0.500. The van der Waals surface area contributed by atoms with Crippen molar-refractivity contribution in [3.05, 3.63) is 77.0 Å². The van der Waals surface area contributed by atoms with Gasteiger partial charge in [0.2, 0.25) is 5.95 Å². The van der Waals surface area contributed by atoms with Crippen LogP contribution in [0.2, 0.25) is 0 Å². The number of fused-ring (bicyclic) bond motifs is 1. The molecule has 0 spiro atoms. The topological polar surface area (TPSA) is 105 Å². The molecule has 1 aliphatic rings. The number of ether oxygens (including phenoxy) is 1. The number of benzene rings is 1. The molecule has 1 unspecified atom stereocenters. The standard InChI is InChI=1S/C24H25N5O3/c30-15-22(21-13-16-3-1-2-4-19(16)27-21)29-10-6-17(14-23(29)31)20-5-9-25-24(28-20)26-18-7-11-32-12-8-18/h1-6,9-10,13-14,18,22,27,30H,7-8,11-12,15H2,(H,25,26,28). The zero-order chi connectivity index (χ0) is 21.9. The number of anilines is 1. The first-order valence-electron chi connectivity index (χ1n) is 10.8. The van der Waals surface area contributed by atoms with E-state index in [1.54, 1.807) is 24.5 Å². The van der Waals surface area contributed by atoms with Crippen molar-refractivity contribution in [2.45, 2.75) is 24.9 Å². The highest BCUT2D eigenvalue weighted by Crippen LogP contribution is 2.23. The van der Waals surface area contributed by atoms with Gasteiger partial charge in [0.15, 0.2) is 0 Å². The van der Waals surface area contributed by atoms with Gasteiger partial charge < -0.3 is 24.7 Å². The summed E-state index contributed by atoms with van der Waals surface area (Å²) in [5.74, 6) is 0.546. The maximum atomic E-state index is 13.0. The fourth-order valence-electron chi connectivity index (χ4n) is 4.13. The molecule has 4 heterocycles. The zero-order valence-electron chi connectivity index (χ0n) is 17.6. The molecule has 164 valence electrons. The van der Waals surface area contributed by atoms with Crippen LogP contribution in [0, 0.1) is 0 Å². The van der Waals surface area contributed by atoms with Crippen LogP contribution >= 0.6 is 0 Å². The molecule has 3 aromatic heterocycles. The first kappa shape index (κ1) is 20.4. The van der Waals surface area contributed by atoms with Crippen molar-refractivity contribution in [1.29, 1.82) is 0 Å². The lowest BCUT2D eigenvalue weighted by atomic mass is 10.1. The van der Waals surface area contributed by atoms with Gasteiger partial charge in [0.1, 0.15) is 0 Å². The van der Waals surface area contributed by atoms with E-state index < -0.39 is 6.04 Å². The summed E-state index contributed by atoms with van der Waals surface area (Å²) in [4.78, 5) is 25.2. The van der Waals surface area contributed by atoms with Crippen LogP contribution in [0.3, 0.4) is 0 Å². The molecule has 8 heteroatoms. The molecule has 1 atom stereocenters. The van der Waals surface area contributed by atoms with E-state index in [4.69, 9.17) is 4.74 Å². The number of nitrogens with one attached hydrogen (secondary N) is 2. The Morgan fingerprint density at radius 1 is 1.19 bits per heavy atom. The minimum absolute atomic E-state index is 0.196. The predicted octanol–water partition coefficient (Wildman–Crippen LogP) is 2.96. The number of H-pyrrole nitrogens is 1. The van der Waals surface area contributed by atoms with E-state index in [0.717, 1.165) is 42.7 Å². The maximum absolute atomic E-state index is 13.0. The van der Waals surface area contributed by atoms with Crippen molar-refractivity contribution in [1.82, 2.24) is 19.5 Å². The maximum Gasteiger partial charge on any atom is 0.251 e. The molecular formula is C24H25N5O3. The van der Waals surface area contributed by atoms with Crippen LogP contribution < -0.4 is 10.9 Å². The minimum Gasteiger partial charge on any atom is -0.394 e. The van der Waals surface area contributed by atoms with Crippen LogP contribution in [0.5, 0.6) is 0 Å². The van der Waals surface area contributed by atoms with Crippen LogP contribution in [-0.4, -0.2) is 50.5 Å². The normalized spacial score (nSPS) is 15.7. The van der Waals surface area contributed by atoms with Gasteiger partial charge in [0, 0.05) is 54.5 Å². The molecule has 1 aromatic carbocycles. The molecule has 0 saturated carbocycles. The summed E-state index contributed by atoms with van der Waals surface area (Å²) in [7, 11) is 0. The number of rotatable bonds is 6. The summed E-state index contributed by atoms with van der Waals surface area (Å²) in [6.45, 7) is 1.27. The Bertz CT molecular complexity index is 1240. The van der Waals surface area contributed by atoms with Crippen LogP contribution in [-0.2, 0) is 4.74 Å². The predicted molar refractivity (Wildman–Crippen MR) is 123 cm³/mol. The molecule has 8 nitrogen and oxygen atoms in total. The quantitative estimate of drug-likeness (QED) is 0.434. The Hall–Kier alpha value is -3.49. The van der Waals surface area contributed by atoms with Gasteiger partial charge in [-0.2, -0.15) is 0 Å². The van der Waals surface area contributed by atoms with E-state index in [0.29, 0.717) is 17.2 Å². The molecule has 3 N–H and O–H groups in total. The van der Waals surface area contributed by atoms with E-state index >= 15 is 0 Å². The van der Waals surface area contributed by atoms with Crippen molar-refractivity contribution in [3.8, 4) is 11.3 Å². The van der Waals surface area contributed by atoms with Gasteiger partial charge >= 0.3 is 0 Å². The summed E-state index contributed by atoms with van der Waals surface area (Å²) in [5.41, 5.74) is 2.92. The van der Waals surface area contributed by atoms with E-state index in [9.17, 15) is 9.90 Å². The van der Waals surface area contributed by atoms with E-state index in [1.807, 2.05) is 36.4 Å². The number of aliphatic hydroxyl groups is 1. The number of pyridine rings is 1. The number of hydrogen-bond acceptors (Lipinski definition) is 6. The van der Waals surface area contributed by atoms with Crippen LogP contribution in [0.25, 0.3) is 22.2 Å². The second kappa shape index (κ2) is 8.94. The molecular weight excluding hydrogens is 406 g/mol. The molecule has 1 saturated heterocycles. The number of aromatic nitrogens is 4. The molecule has 0 bridgehead atoms. The second-order valence-corrected chi connectivity index (χ2v) is 7.97.